The van der Waals surface area contributed by atoms with Crippen LogP contribution in [0.2, 0.25) is 5.02 Å². The van der Waals surface area contributed by atoms with E-state index in [0.29, 0.717) is 0 Å². The van der Waals surface area contributed by atoms with E-state index in [4.69, 9.17) is 16.7 Å². The van der Waals surface area contributed by atoms with Gasteiger partial charge in [-0.3, -0.25) is 9.40 Å². The maximum atomic E-state index is 12.2. The number of aromatic nitrogens is 2. The van der Waals surface area contributed by atoms with Crippen molar-refractivity contribution in [2.24, 2.45) is 7.05 Å². The summed E-state index contributed by atoms with van der Waals surface area (Å²) in [5, 5.41) is 12.8. The SMILES string of the molecule is Cn1ncc(NS(=O)(=O)c2ccccc2Cl)c1C(=O)O. The molecule has 1 heterocycles. The zero-order valence-electron chi connectivity index (χ0n) is 10.2. The number of carbonyl (C=O) groups is 1. The maximum Gasteiger partial charge on any atom is 0.356 e. The van der Waals surface area contributed by atoms with Crippen LogP contribution in [0.15, 0.2) is 35.4 Å². The fraction of sp³-hybridized carbons (Fsp3) is 0.0909. The van der Waals surface area contributed by atoms with E-state index in [1.807, 2.05) is 0 Å². The summed E-state index contributed by atoms with van der Waals surface area (Å²) in [7, 11) is -2.59. The zero-order valence-corrected chi connectivity index (χ0v) is 11.8. The lowest BCUT2D eigenvalue weighted by atomic mass is 10.4. The summed E-state index contributed by atoms with van der Waals surface area (Å²) in [5.41, 5.74) is -0.388. The molecule has 1 aromatic heterocycles. The van der Waals surface area contributed by atoms with Crippen LogP contribution in [0.25, 0.3) is 0 Å². The van der Waals surface area contributed by atoms with Crippen molar-refractivity contribution in [2.45, 2.75) is 4.90 Å². The molecule has 2 N–H and O–H groups in total. The first-order chi connectivity index (χ1) is 9.33. The Kier molecular flexibility index (Phi) is 3.69. The van der Waals surface area contributed by atoms with E-state index in [-0.39, 0.29) is 21.3 Å². The lowest BCUT2D eigenvalue weighted by Gasteiger charge is -2.08. The monoisotopic (exact) mass is 315 g/mol. The first-order valence-electron chi connectivity index (χ1n) is 5.35. The number of nitrogens with zero attached hydrogens (tertiary/aromatic N) is 2. The summed E-state index contributed by atoms with van der Waals surface area (Å²) in [6, 6.07) is 5.86. The molecule has 1 aromatic carbocycles. The highest BCUT2D eigenvalue weighted by Crippen LogP contribution is 2.24. The number of benzene rings is 1. The van der Waals surface area contributed by atoms with E-state index in [9.17, 15) is 13.2 Å². The van der Waals surface area contributed by atoms with Crippen molar-refractivity contribution in [3.63, 3.8) is 0 Å². The number of carboxylic acid groups (broad SMARTS) is 1. The summed E-state index contributed by atoms with van der Waals surface area (Å²) in [5.74, 6) is -1.29. The first-order valence-corrected chi connectivity index (χ1v) is 7.21. The molecule has 9 heteroatoms. The molecule has 0 bridgehead atoms. The highest BCUT2D eigenvalue weighted by Gasteiger charge is 2.23. The molecule has 20 heavy (non-hydrogen) atoms. The molecule has 106 valence electrons. The predicted octanol–water partition coefficient (Wildman–Crippen LogP) is 1.57. The van der Waals surface area contributed by atoms with Crippen LogP contribution in [-0.4, -0.2) is 29.3 Å². The summed E-state index contributed by atoms with van der Waals surface area (Å²) in [4.78, 5) is 10.9. The number of rotatable bonds is 4. The number of hydrogen-bond acceptors (Lipinski definition) is 4. The average Bonchev–Trinajstić information content (AvgIpc) is 2.70. The van der Waals surface area contributed by atoms with Crippen molar-refractivity contribution >= 4 is 33.3 Å². The van der Waals surface area contributed by atoms with E-state index in [1.165, 1.54) is 25.2 Å². The molecular formula is C11H10ClN3O4S. The standard InChI is InChI=1S/C11H10ClN3O4S/c1-15-10(11(16)17)8(6-13-15)14-20(18,19)9-5-3-2-4-7(9)12/h2-6,14H,1H3,(H,16,17). The fourth-order valence-corrected chi connectivity index (χ4v) is 3.20. The van der Waals surface area contributed by atoms with Gasteiger partial charge in [-0.1, -0.05) is 23.7 Å². The normalized spacial score (nSPS) is 11.3. The largest absolute Gasteiger partial charge is 0.476 e. The number of carboxylic acids is 1. The quantitative estimate of drug-likeness (QED) is 0.891. The Morgan fingerprint density at radius 1 is 1.40 bits per heavy atom. The van der Waals surface area contributed by atoms with Gasteiger partial charge in [-0.2, -0.15) is 5.10 Å². The number of anilines is 1. The Hall–Kier alpha value is -2.06. The smallest absolute Gasteiger partial charge is 0.356 e. The third kappa shape index (κ3) is 2.61. The van der Waals surface area contributed by atoms with Crippen LogP contribution in [0.3, 0.4) is 0 Å². The van der Waals surface area contributed by atoms with Gasteiger partial charge < -0.3 is 5.11 Å². The van der Waals surface area contributed by atoms with Crippen LogP contribution in [0.4, 0.5) is 5.69 Å². The summed E-state index contributed by atoms with van der Waals surface area (Å²) >= 11 is 5.83. The summed E-state index contributed by atoms with van der Waals surface area (Å²) in [6.07, 6.45) is 1.12. The topological polar surface area (TPSA) is 101 Å². The fourth-order valence-electron chi connectivity index (χ4n) is 1.63. The van der Waals surface area contributed by atoms with Gasteiger partial charge in [0.05, 0.1) is 11.2 Å². The lowest BCUT2D eigenvalue weighted by molar-refractivity contribution is 0.0686. The molecule has 0 amide bonds. The first kappa shape index (κ1) is 14.4. The molecule has 0 aliphatic heterocycles. The van der Waals surface area contributed by atoms with Gasteiger partial charge in [0.2, 0.25) is 0 Å². The van der Waals surface area contributed by atoms with Crippen LogP contribution < -0.4 is 4.72 Å². The molecule has 0 unspecified atom stereocenters. The minimum atomic E-state index is -3.99. The van der Waals surface area contributed by atoms with Crippen molar-refractivity contribution in [3.8, 4) is 0 Å². The van der Waals surface area contributed by atoms with E-state index < -0.39 is 16.0 Å². The highest BCUT2D eigenvalue weighted by molar-refractivity contribution is 7.92. The van der Waals surface area contributed by atoms with Crippen molar-refractivity contribution in [1.29, 1.82) is 0 Å². The van der Waals surface area contributed by atoms with Crippen molar-refractivity contribution < 1.29 is 18.3 Å². The van der Waals surface area contributed by atoms with Gasteiger partial charge >= 0.3 is 5.97 Å². The minimum Gasteiger partial charge on any atom is -0.476 e. The maximum absolute atomic E-state index is 12.2. The van der Waals surface area contributed by atoms with E-state index in [1.54, 1.807) is 6.07 Å². The lowest BCUT2D eigenvalue weighted by Crippen LogP contribution is -2.16. The van der Waals surface area contributed by atoms with Gasteiger partial charge in [-0.15, -0.1) is 0 Å². The molecule has 0 saturated heterocycles. The van der Waals surface area contributed by atoms with Crippen molar-refractivity contribution in [3.05, 3.63) is 41.2 Å². The molecule has 0 fully saturated rings. The molecule has 0 aliphatic rings. The summed E-state index contributed by atoms with van der Waals surface area (Å²) in [6.45, 7) is 0. The van der Waals surface area contributed by atoms with Crippen molar-refractivity contribution in [1.82, 2.24) is 9.78 Å². The van der Waals surface area contributed by atoms with Crippen LogP contribution in [-0.2, 0) is 17.1 Å². The minimum absolute atomic E-state index is 0.0424. The van der Waals surface area contributed by atoms with Gasteiger partial charge in [0.15, 0.2) is 5.69 Å². The average molecular weight is 316 g/mol. The molecule has 0 saturated carbocycles. The van der Waals surface area contributed by atoms with E-state index >= 15 is 0 Å². The molecule has 2 aromatic rings. The number of aromatic carboxylic acids is 1. The molecular weight excluding hydrogens is 306 g/mol. The molecule has 0 spiro atoms. The number of halogens is 1. The Bertz CT molecular complexity index is 770. The highest BCUT2D eigenvalue weighted by atomic mass is 35.5. The van der Waals surface area contributed by atoms with E-state index in [0.717, 1.165) is 10.9 Å². The molecule has 7 nitrogen and oxygen atoms in total. The Labute approximate surface area is 119 Å². The summed E-state index contributed by atoms with van der Waals surface area (Å²) < 4.78 is 27.6. The van der Waals surface area contributed by atoms with Crippen molar-refractivity contribution in [2.75, 3.05) is 4.72 Å². The van der Waals surface area contributed by atoms with Gasteiger partial charge in [0.25, 0.3) is 10.0 Å². The number of hydrogen-bond donors (Lipinski definition) is 2. The predicted molar refractivity (Wildman–Crippen MR) is 72.4 cm³/mol. The van der Waals surface area contributed by atoms with Gasteiger partial charge in [-0.05, 0) is 12.1 Å². The molecule has 0 aliphatic carbocycles. The molecule has 2 rings (SSSR count). The van der Waals surface area contributed by atoms with Crippen LogP contribution in [0, 0.1) is 0 Å². The second-order valence-corrected chi connectivity index (χ2v) is 5.93. The zero-order chi connectivity index (χ0) is 14.9. The Morgan fingerprint density at radius 3 is 2.65 bits per heavy atom. The van der Waals surface area contributed by atoms with Crippen LogP contribution in [0.1, 0.15) is 10.5 Å². The van der Waals surface area contributed by atoms with Crippen LogP contribution >= 0.6 is 11.6 Å². The number of aryl methyl sites for hydroxylation is 1. The second-order valence-electron chi connectivity index (χ2n) is 3.87. The number of nitrogens with one attached hydrogen (secondary N) is 1. The Balaban J connectivity index is 2.45. The van der Waals surface area contributed by atoms with Gasteiger partial charge in [0.1, 0.15) is 10.6 Å². The number of sulfonamides is 1. The second kappa shape index (κ2) is 5.14. The van der Waals surface area contributed by atoms with E-state index in [2.05, 4.69) is 9.82 Å². The van der Waals surface area contributed by atoms with Gasteiger partial charge in [-0.25, -0.2) is 13.2 Å². The van der Waals surface area contributed by atoms with Gasteiger partial charge in [0, 0.05) is 7.05 Å². The van der Waals surface area contributed by atoms with Crippen LogP contribution in [0.5, 0.6) is 0 Å². The Morgan fingerprint density at radius 2 is 2.05 bits per heavy atom. The molecule has 0 atom stereocenters. The molecule has 0 radical (unpaired) electrons. The third-order valence-corrected chi connectivity index (χ3v) is 4.38. The third-order valence-electron chi connectivity index (χ3n) is 2.51.